The Morgan fingerprint density at radius 3 is 2.94 bits per heavy atom. The lowest BCUT2D eigenvalue weighted by Crippen LogP contribution is -2.39. The number of aromatic hydroxyl groups is 1. The van der Waals surface area contributed by atoms with Gasteiger partial charge in [0.05, 0.1) is 6.04 Å². The van der Waals surface area contributed by atoms with Gasteiger partial charge in [-0.1, -0.05) is 6.07 Å². The number of phenols is 1. The number of nitrogens with two attached hydrogens (primary N) is 2. The summed E-state index contributed by atoms with van der Waals surface area (Å²) in [5, 5.41) is 9.75. The van der Waals surface area contributed by atoms with Crippen molar-refractivity contribution in [3.8, 4) is 5.75 Å². The van der Waals surface area contributed by atoms with E-state index in [0.717, 1.165) is 19.4 Å². The molecular weight excluding hydrogens is 218 g/mol. The second-order valence-electron chi connectivity index (χ2n) is 4.38. The van der Waals surface area contributed by atoms with Crippen LogP contribution in [0.2, 0.25) is 0 Å². The fraction of sp³-hybridized carbons (Fsp3) is 0.417. The maximum Gasteiger partial charge on any atom is 0.234 e. The molecule has 2 rings (SSSR count). The van der Waals surface area contributed by atoms with Gasteiger partial charge in [0.15, 0.2) is 0 Å². The van der Waals surface area contributed by atoms with Gasteiger partial charge in [-0.05, 0) is 31.5 Å². The number of anilines is 1. The van der Waals surface area contributed by atoms with Crippen LogP contribution in [0.25, 0.3) is 0 Å². The lowest BCUT2D eigenvalue weighted by molar-refractivity contribution is -0.122. The SMILES string of the molecule is NC(=O)C1CCCN1Cc1c(N)cccc1O. The van der Waals surface area contributed by atoms with Crippen molar-refractivity contribution in [2.45, 2.75) is 25.4 Å². The van der Waals surface area contributed by atoms with E-state index in [2.05, 4.69) is 0 Å². The molecule has 0 aliphatic carbocycles. The minimum Gasteiger partial charge on any atom is -0.508 e. The van der Waals surface area contributed by atoms with Crippen LogP contribution in [-0.2, 0) is 11.3 Å². The molecule has 92 valence electrons. The number of rotatable bonds is 3. The number of hydrogen-bond donors (Lipinski definition) is 3. The van der Waals surface area contributed by atoms with Gasteiger partial charge < -0.3 is 16.6 Å². The van der Waals surface area contributed by atoms with Gasteiger partial charge in [-0.25, -0.2) is 0 Å². The van der Waals surface area contributed by atoms with Crippen molar-refractivity contribution < 1.29 is 9.90 Å². The summed E-state index contributed by atoms with van der Waals surface area (Å²) >= 11 is 0. The molecule has 1 fully saturated rings. The molecule has 1 amide bonds. The Kier molecular flexibility index (Phi) is 3.19. The number of nitrogens with zero attached hydrogens (tertiary/aromatic N) is 1. The number of nitrogen functional groups attached to an aromatic ring is 1. The Hall–Kier alpha value is -1.75. The molecule has 1 aliphatic rings. The average Bonchev–Trinajstić information content (AvgIpc) is 2.72. The third kappa shape index (κ3) is 2.34. The van der Waals surface area contributed by atoms with Crippen molar-refractivity contribution in [2.75, 3.05) is 12.3 Å². The largest absolute Gasteiger partial charge is 0.508 e. The van der Waals surface area contributed by atoms with E-state index in [9.17, 15) is 9.90 Å². The van der Waals surface area contributed by atoms with Gasteiger partial charge in [0.2, 0.25) is 5.91 Å². The fourth-order valence-electron chi connectivity index (χ4n) is 2.30. The maximum atomic E-state index is 11.3. The zero-order chi connectivity index (χ0) is 12.4. The van der Waals surface area contributed by atoms with Crippen LogP contribution >= 0.6 is 0 Å². The molecule has 5 nitrogen and oxygen atoms in total. The Morgan fingerprint density at radius 2 is 2.29 bits per heavy atom. The van der Waals surface area contributed by atoms with Gasteiger partial charge in [0.25, 0.3) is 0 Å². The van der Waals surface area contributed by atoms with Crippen molar-refractivity contribution in [2.24, 2.45) is 5.73 Å². The minimum absolute atomic E-state index is 0.167. The standard InChI is InChI=1S/C12H17N3O2/c13-9-3-1-5-11(16)8(9)7-15-6-2-4-10(15)12(14)17/h1,3,5,10,16H,2,4,6-7,13H2,(H2,14,17). The third-order valence-corrected chi connectivity index (χ3v) is 3.24. The van der Waals surface area contributed by atoms with E-state index in [-0.39, 0.29) is 17.7 Å². The van der Waals surface area contributed by atoms with Crippen LogP contribution in [0.4, 0.5) is 5.69 Å². The number of carbonyl (C=O) groups excluding carboxylic acids is 1. The van der Waals surface area contributed by atoms with E-state index in [4.69, 9.17) is 11.5 Å². The van der Waals surface area contributed by atoms with Crippen LogP contribution in [0, 0.1) is 0 Å². The number of carbonyl (C=O) groups is 1. The third-order valence-electron chi connectivity index (χ3n) is 3.24. The number of primary amides is 1. The van der Waals surface area contributed by atoms with Crippen LogP contribution in [0.1, 0.15) is 18.4 Å². The Morgan fingerprint density at radius 1 is 1.53 bits per heavy atom. The molecule has 1 atom stereocenters. The normalized spacial score (nSPS) is 20.6. The predicted molar refractivity (Wildman–Crippen MR) is 65.1 cm³/mol. The first-order valence-corrected chi connectivity index (χ1v) is 5.69. The summed E-state index contributed by atoms with van der Waals surface area (Å²) in [6, 6.07) is 4.80. The predicted octanol–water partition coefficient (Wildman–Crippen LogP) is 0.424. The molecule has 5 heteroatoms. The van der Waals surface area contributed by atoms with Gasteiger partial charge in [0.1, 0.15) is 5.75 Å². The van der Waals surface area contributed by atoms with Crippen molar-refractivity contribution in [3.05, 3.63) is 23.8 Å². The number of likely N-dealkylation sites (tertiary alicyclic amines) is 1. The highest BCUT2D eigenvalue weighted by atomic mass is 16.3. The van der Waals surface area contributed by atoms with Crippen molar-refractivity contribution in [3.63, 3.8) is 0 Å². The number of benzene rings is 1. The smallest absolute Gasteiger partial charge is 0.234 e. The summed E-state index contributed by atoms with van der Waals surface area (Å²) < 4.78 is 0. The molecule has 0 saturated carbocycles. The Balaban J connectivity index is 2.18. The minimum atomic E-state index is -0.309. The van der Waals surface area contributed by atoms with Gasteiger partial charge in [-0.15, -0.1) is 0 Å². The van der Waals surface area contributed by atoms with Crippen molar-refractivity contribution >= 4 is 11.6 Å². The topological polar surface area (TPSA) is 92.6 Å². The van der Waals surface area contributed by atoms with E-state index >= 15 is 0 Å². The first-order valence-electron chi connectivity index (χ1n) is 5.69. The molecule has 17 heavy (non-hydrogen) atoms. The highest BCUT2D eigenvalue weighted by Gasteiger charge is 2.29. The highest BCUT2D eigenvalue weighted by molar-refractivity contribution is 5.80. The lowest BCUT2D eigenvalue weighted by atomic mass is 10.1. The van der Waals surface area contributed by atoms with Crippen LogP contribution in [0.5, 0.6) is 5.75 Å². The monoisotopic (exact) mass is 235 g/mol. The number of hydrogen-bond acceptors (Lipinski definition) is 4. The van der Waals surface area contributed by atoms with E-state index in [1.807, 2.05) is 4.90 Å². The lowest BCUT2D eigenvalue weighted by Gasteiger charge is -2.22. The van der Waals surface area contributed by atoms with E-state index in [0.29, 0.717) is 17.8 Å². The molecule has 0 spiro atoms. The first kappa shape index (κ1) is 11.7. The van der Waals surface area contributed by atoms with Gasteiger partial charge >= 0.3 is 0 Å². The van der Waals surface area contributed by atoms with Gasteiger partial charge in [-0.2, -0.15) is 0 Å². The number of phenolic OH excluding ortho intramolecular Hbond substituents is 1. The molecule has 1 aliphatic heterocycles. The summed E-state index contributed by atoms with van der Waals surface area (Å²) in [7, 11) is 0. The summed E-state index contributed by atoms with van der Waals surface area (Å²) in [5.74, 6) is -0.142. The molecule has 0 aromatic heterocycles. The molecular formula is C12H17N3O2. The van der Waals surface area contributed by atoms with Gasteiger partial charge in [0, 0.05) is 17.8 Å². The average molecular weight is 235 g/mol. The van der Waals surface area contributed by atoms with Crippen molar-refractivity contribution in [1.82, 2.24) is 4.90 Å². The Labute approximate surface area is 100 Å². The molecule has 0 bridgehead atoms. The summed E-state index contributed by atoms with van der Waals surface area (Å²) in [4.78, 5) is 13.2. The van der Waals surface area contributed by atoms with Crippen LogP contribution in [0.15, 0.2) is 18.2 Å². The zero-order valence-electron chi connectivity index (χ0n) is 9.60. The molecule has 1 saturated heterocycles. The quantitative estimate of drug-likeness (QED) is 0.662. The summed E-state index contributed by atoms with van der Waals surface area (Å²) in [5.41, 5.74) is 12.4. The second kappa shape index (κ2) is 4.63. The van der Waals surface area contributed by atoms with Crippen LogP contribution in [-0.4, -0.2) is 28.5 Å². The summed E-state index contributed by atoms with van der Waals surface area (Å²) in [6.07, 6.45) is 1.73. The second-order valence-corrected chi connectivity index (χ2v) is 4.38. The van der Waals surface area contributed by atoms with Crippen LogP contribution in [0.3, 0.4) is 0 Å². The van der Waals surface area contributed by atoms with Crippen LogP contribution < -0.4 is 11.5 Å². The van der Waals surface area contributed by atoms with Crippen molar-refractivity contribution in [1.29, 1.82) is 0 Å². The number of amides is 1. The van der Waals surface area contributed by atoms with E-state index in [1.54, 1.807) is 18.2 Å². The van der Waals surface area contributed by atoms with Gasteiger partial charge in [-0.3, -0.25) is 9.69 Å². The Bertz CT molecular complexity index is 414. The van der Waals surface area contributed by atoms with E-state index in [1.165, 1.54) is 0 Å². The highest BCUT2D eigenvalue weighted by Crippen LogP contribution is 2.28. The molecule has 0 radical (unpaired) electrons. The molecule has 5 N–H and O–H groups in total. The molecule has 1 aromatic rings. The summed E-state index contributed by atoms with van der Waals surface area (Å²) in [6.45, 7) is 1.27. The first-order chi connectivity index (χ1) is 8.09. The fourth-order valence-corrected chi connectivity index (χ4v) is 2.30. The zero-order valence-corrected chi connectivity index (χ0v) is 9.60. The molecule has 1 unspecified atom stereocenters. The van der Waals surface area contributed by atoms with E-state index < -0.39 is 0 Å². The maximum absolute atomic E-state index is 11.3. The molecule has 1 heterocycles. The molecule has 1 aromatic carbocycles.